The minimum atomic E-state index is -0.458. The van der Waals surface area contributed by atoms with Crippen LogP contribution in [-0.2, 0) is 4.74 Å². The average molecular weight is 296 g/mol. The van der Waals surface area contributed by atoms with Gasteiger partial charge < -0.3 is 20.1 Å². The summed E-state index contributed by atoms with van der Waals surface area (Å²) < 4.78 is 19.3. The van der Waals surface area contributed by atoms with Gasteiger partial charge in [-0.25, -0.2) is 9.37 Å². The number of nitrogens with zero attached hydrogens (tertiary/aromatic N) is 3. The second-order valence-corrected chi connectivity index (χ2v) is 5.67. The van der Waals surface area contributed by atoms with E-state index in [2.05, 4.69) is 15.3 Å². The zero-order valence-electron chi connectivity index (χ0n) is 12.2. The summed E-state index contributed by atoms with van der Waals surface area (Å²) in [6, 6.07) is 0. The summed E-state index contributed by atoms with van der Waals surface area (Å²) in [4.78, 5) is 10.3. The predicted octanol–water partition coefficient (Wildman–Crippen LogP) is 1.17. The predicted molar refractivity (Wildman–Crippen MR) is 76.9 cm³/mol. The summed E-state index contributed by atoms with van der Waals surface area (Å²) in [5.41, 5.74) is -0.416. The molecule has 0 radical (unpaired) electrons. The van der Waals surface area contributed by atoms with Crippen LogP contribution < -0.4 is 10.2 Å². The minimum Gasteiger partial charge on any atom is -0.390 e. The number of rotatable bonds is 2. The smallest absolute Gasteiger partial charge is 0.227 e. The van der Waals surface area contributed by atoms with Gasteiger partial charge in [0, 0.05) is 26.7 Å². The highest BCUT2D eigenvalue weighted by molar-refractivity contribution is 5.42. The number of ether oxygens (including phenoxy) is 1. The molecule has 21 heavy (non-hydrogen) atoms. The van der Waals surface area contributed by atoms with Crippen LogP contribution in [0.1, 0.15) is 25.7 Å². The topological polar surface area (TPSA) is 70.5 Å². The van der Waals surface area contributed by atoms with E-state index in [4.69, 9.17) is 4.74 Å². The fourth-order valence-corrected chi connectivity index (χ4v) is 3.16. The molecule has 7 heteroatoms. The maximum atomic E-state index is 13.4. The van der Waals surface area contributed by atoms with E-state index in [9.17, 15) is 9.50 Å². The van der Waals surface area contributed by atoms with Gasteiger partial charge in [0.2, 0.25) is 5.95 Å². The molecule has 0 bridgehead atoms. The van der Waals surface area contributed by atoms with Crippen LogP contribution in [0.25, 0.3) is 0 Å². The van der Waals surface area contributed by atoms with Crippen molar-refractivity contribution in [1.82, 2.24) is 9.97 Å². The molecular weight excluding hydrogens is 275 g/mol. The van der Waals surface area contributed by atoms with Crippen molar-refractivity contribution in [2.75, 3.05) is 37.0 Å². The van der Waals surface area contributed by atoms with Crippen LogP contribution in [0.4, 0.5) is 16.2 Å². The van der Waals surface area contributed by atoms with Crippen LogP contribution in [0.3, 0.4) is 0 Å². The number of aliphatic hydroxyl groups excluding tert-OH is 1. The molecule has 0 saturated carbocycles. The maximum Gasteiger partial charge on any atom is 0.227 e. The summed E-state index contributed by atoms with van der Waals surface area (Å²) in [6.45, 7) is 2.12. The number of anilines is 2. The van der Waals surface area contributed by atoms with Crippen molar-refractivity contribution < 1.29 is 14.2 Å². The van der Waals surface area contributed by atoms with Gasteiger partial charge in [-0.3, -0.25) is 0 Å². The zero-order valence-corrected chi connectivity index (χ0v) is 12.2. The van der Waals surface area contributed by atoms with Crippen molar-refractivity contribution in [3.05, 3.63) is 12.0 Å². The van der Waals surface area contributed by atoms with Gasteiger partial charge in [-0.15, -0.1) is 0 Å². The molecule has 1 atom stereocenters. The Bertz CT molecular complexity index is 506. The number of aromatic nitrogens is 2. The van der Waals surface area contributed by atoms with Gasteiger partial charge in [-0.05, 0) is 25.7 Å². The standard InChI is InChI=1S/C14H21FN4O2/c1-16-12-10(15)9-17-13(18-12)19-6-4-14(5-7-19)11(20)3-2-8-21-14/h9,11,20H,2-8H2,1H3,(H,16,17,18)/t11-/m1/s1. The first-order valence-corrected chi connectivity index (χ1v) is 7.42. The van der Waals surface area contributed by atoms with Crippen LogP contribution in [0.5, 0.6) is 0 Å². The first kappa shape index (κ1) is 14.5. The third-order valence-electron chi connectivity index (χ3n) is 4.48. The zero-order chi connectivity index (χ0) is 14.9. The van der Waals surface area contributed by atoms with Crippen LogP contribution in [-0.4, -0.2) is 53.5 Å². The SMILES string of the molecule is CNc1nc(N2CCC3(CC2)OCCC[C@H]3O)ncc1F. The molecule has 2 aliphatic heterocycles. The van der Waals surface area contributed by atoms with Crippen molar-refractivity contribution in [2.45, 2.75) is 37.4 Å². The van der Waals surface area contributed by atoms with Gasteiger partial charge in [0.15, 0.2) is 11.6 Å². The molecule has 2 aliphatic rings. The van der Waals surface area contributed by atoms with E-state index in [1.807, 2.05) is 4.90 Å². The Morgan fingerprint density at radius 1 is 1.48 bits per heavy atom. The number of nitrogens with one attached hydrogen (secondary N) is 1. The Morgan fingerprint density at radius 2 is 2.24 bits per heavy atom. The largest absolute Gasteiger partial charge is 0.390 e. The molecule has 0 aromatic carbocycles. The summed E-state index contributed by atoms with van der Waals surface area (Å²) in [5, 5.41) is 12.9. The Labute approximate surface area is 123 Å². The van der Waals surface area contributed by atoms with Gasteiger partial charge in [0.1, 0.15) is 0 Å². The second kappa shape index (κ2) is 5.73. The normalized spacial score (nSPS) is 25.1. The summed E-state index contributed by atoms with van der Waals surface area (Å²) >= 11 is 0. The number of hydrogen-bond donors (Lipinski definition) is 2. The molecule has 1 spiro atoms. The van der Waals surface area contributed by atoms with E-state index < -0.39 is 17.5 Å². The molecule has 2 saturated heterocycles. The second-order valence-electron chi connectivity index (χ2n) is 5.67. The molecular formula is C14H21FN4O2. The summed E-state index contributed by atoms with van der Waals surface area (Å²) in [7, 11) is 1.63. The van der Waals surface area contributed by atoms with E-state index in [0.29, 0.717) is 25.6 Å². The van der Waals surface area contributed by atoms with Crippen LogP contribution in [0, 0.1) is 5.82 Å². The van der Waals surface area contributed by atoms with Crippen molar-refractivity contribution in [2.24, 2.45) is 0 Å². The van der Waals surface area contributed by atoms with E-state index in [1.165, 1.54) is 6.20 Å². The monoisotopic (exact) mass is 296 g/mol. The third kappa shape index (κ3) is 2.67. The maximum absolute atomic E-state index is 13.4. The highest BCUT2D eigenvalue weighted by Crippen LogP contribution is 2.36. The molecule has 3 heterocycles. The van der Waals surface area contributed by atoms with Crippen molar-refractivity contribution in [3.63, 3.8) is 0 Å². The Hall–Kier alpha value is -1.47. The van der Waals surface area contributed by atoms with E-state index in [1.54, 1.807) is 7.05 Å². The molecule has 3 rings (SSSR count). The van der Waals surface area contributed by atoms with E-state index >= 15 is 0 Å². The van der Waals surface area contributed by atoms with Crippen molar-refractivity contribution in [3.8, 4) is 0 Å². The number of hydrogen-bond acceptors (Lipinski definition) is 6. The lowest BCUT2D eigenvalue weighted by Gasteiger charge is -2.46. The first-order chi connectivity index (χ1) is 10.1. The van der Waals surface area contributed by atoms with Gasteiger partial charge in [-0.2, -0.15) is 4.98 Å². The molecule has 1 aromatic rings. The van der Waals surface area contributed by atoms with Crippen LogP contribution >= 0.6 is 0 Å². The first-order valence-electron chi connectivity index (χ1n) is 7.42. The fourth-order valence-electron chi connectivity index (χ4n) is 3.16. The Balaban J connectivity index is 1.71. The lowest BCUT2D eigenvalue weighted by molar-refractivity contribution is -0.164. The van der Waals surface area contributed by atoms with Crippen LogP contribution in [0.2, 0.25) is 0 Å². The number of piperidine rings is 1. The highest BCUT2D eigenvalue weighted by atomic mass is 19.1. The molecule has 0 unspecified atom stereocenters. The highest BCUT2D eigenvalue weighted by Gasteiger charge is 2.44. The quantitative estimate of drug-likeness (QED) is 0.853. The summed E-state index contributed by atoms with van der Waals surface area (Å²) in [6.07, 6.45) is 3.99. The molecule has 116 valence electrons. The Kier molecular flexibility index (Phi) is 3.95. The van der Waals surface area contributed by atoms with Crippen molar-refractivity contribution in [1.29, 1.82) is 0 Å². The average Bonchev–Trinajstić information content (AvgIpc) is 2.52. The van der Waals surface area contributed by atoms with E-state index in [-0.39, 0.29) is 5.82 Å². The fraction of sp³-hybridized carbons (Fsp3) is 0.714. The molecule has 1 aromatic heterocycles. The van der Waals surface area contributed by atoms with Crippen molar-refractivity contribution >= 4 is 11.8 Å². The van der Waals surface area contributed by atoms with Crippen LogP contribution in [0.15, 0.2) is 6.20 Å². The van der Waals surface area contributed by atoms with Gasteiger partial charge >= 0.3 is 0 Å². The molecule has 2 fully saturated rings. The lowest BCUT2D eigenvalue weighted by atomic mass is 9.82. The molecule has 0 aliphatic carbocycles. The number of aliphatic hydroxyl groups is 1. The molecule has 0 amide bonds. The number of halogens is 1. The third-order valence-corrected chi connectivity index (χ3v) is 4.48. The molecule has 2 N–H and O–H groups in total. The minimum absolute atomic E-state index is 0.203. The Morgan fingerprint density at radius 3 is 2.90 bits per heavy atom. The van der Waals surface area contributed by atoms with Gasteiger partial charge in [-0.1, -0.05) is 0 Å². The van der Waals surface area contributed by atoms with E-state index in [0.717, 1.165) is 25.7 Å². The molecule has 6 nitrogen and oxygen atoms in total. The lowest BCUT2D eigenvalue weighted by Crippen LogP contribution is -2.55. The van der Waals surface area contributed by atoms with Gasteiger partial charge in [0.25, 0.3) is 0 Å². The van der Waals surface area contributed by atoms with Gasteiger partial charge in [0.05, 0.1) is 17.9 Å². The summed E-state index contributed by atoms with van der Waals surface area (Å²) in [5.74, 6) is 0.260.